The van der Waals surface area contributed by atoms with Crippen molar-refractivity contribution in [2.24, 2.45) is 0 Å². The largest absolute Gasteiger partial charge is 0.550 e. The van der Waals surface area contributed by atoms with Crippen molar-refractivity contribution < 1.29 is 28.7 Å². The van der Waals surface area contributed by atoms with E-state index in [9.17, 15) is 19.5 Å². The van der Waals surface area contributed by atoms with Crippen LogP contribution in [0.25, 0.3) is 0 Å². The van der Waals surface area contributed by atoms with Gasteiger partial charge in [0, 0.05) is 24.9 Å². The Kier molecular flexibility index (Phi) is 7.67. The molecule has 0 rings (SSSR count). The maximum absolute atomic E-state index is 11.5. The highest BCUT2D eigenvalue weighted by Gasteiger charge is 2.21. The number of carboxylic acid groups (broad SMARTS) is 1. The highest BCUT2D eigenvalue weighted by atomic mass is 16.5. The fourth-order valence-corrected chi connectivity index (χ4v) is 1.47. The number of carbonyl (C=O) groups excluding carboxylic acids is 3. The van der Waals surface area contributed by atoms with Crippen molar-refractivity contribution in [3.8, 4) is 0 Å². The van der Waals surface area contributed by atoms with Crippen molar-refractivity contribution in [3.05, 3.63) is 12.2 Å². The van der Waals surface area contributed by atoms with Crippen LogP contribution in [0.2, 0.25) is 0 Å². The summed E-state index contributed by atoms with van der Waals surface area (Å²) < 4.78 is 5.52. The average molecular weight is 270 g/mol. The van der Waals surface area contributed by atoms with Crippen molar-refractivity contribution in [1.82, 2.24) is 0 Å². The molecule has 0 aromatic heterocycles. The Morgan fingerprint density at radius 3 is 2.47 bits per heavy atom. The van der Waals surface area contributed by atoms with Gasteiger partial charge in [0.2, 0.25) is 0 Å². The smallest absolute Gasteiger partial charge is 0.330 e. The van der Waals surface area contributed by atoms with Gasteiger partial charge in [-0.3, -0.25) is 4.79 Å². The Bertz CT molecular complexity index is 343. The molecule has 0 saturated heterocycles. The molecular weight excluding hydrogens is 250 g/mol. The number of allylic oxidation sites excluding steroid dienone is 1. The lowest BCUT2D eigenvalue weighted by atomic mass is 10.2. The second kappa shape index (κ2) is 8.42. The van der Waals surface area contributed by atoms with Crippen molar-refractivity contribution in [2.75, 3.05) is 27.7 Å². The average Bonchev–Trinajstić information content (AvgIpc) is 2.20. The van der Waals surface area contributed by atoms with Gasteiger partial charge in [0.15, 0.2) is 12.4 Å². The van der Waals surface area contributed by atoms with Crippen molar-refractivity contribution in [2.45, 2.75) is 25.4 Å². The minimum Gasteiger partial charge on any atom is -0.550 e. The van der Waals surface area contributed by atoms with Crippen LogP contribution >= 0.6 is 0 Å². The van der Waals surface area contributed by atoms with E-state index in [1.165, 1.54) is 12.2 Å². The van der Waals surface area contributed by atoms with E-state index in [-0.39, 0.29) is 12.8 Å². The number of rotatable bonds is 9. The fourth-order valence-electron chi connectivity index (χ4n) is 1.47. The zero-order valence-electron chi connectivity index (χ0n) is 11.5. The second-order valence-electron chi connectivity index (χ2n) is 5.19. The fraction of sp³-hybridized carbons (Fsp3) is 0.615. The van der Waals surface area contributed by atoms with E-state index in [1.54, 1.807) is 6.29 Å². The topological polar surface area (TPSA) is 83.5 Å². The first-order chi connectivity index (χ1) is 8.74. The molecule has 6 nitrogen and oxygen atoms in total. The van der Waals surface area contributed by atoms with Crippen LogP contribution in [-0.2, 0) is 19.1 Å². The standard InChI is InChI=1S/C13H20NO5/c1-14(2,3)10-11(9-12(16)17)19-13(18)7-5-4-6-8-15/h5,7,11H,4,6,9-10H2,1-3H3. The van der Waals surface area contributed by atoms with Crippen LogP contribution in [0.3, 0.4) is 0 Å². The van der Waals surface area contributed by atoms with Crippen LogP contribution < -0.4 is 5.11 Å². The first kappa shape index (κ1) is 17.3. The Balaban J connectivity index is 4.38. The third-order valence-electron chi connectivity index (χ3n) is 2.10. The number of unbranched alkanes of at least 4 members (excludes halogenated alkanes) is 1. The molecule has 0 aliphatic rings. The van der Waals surface area contributed by atoms with E-state index in [0.717, 1.165) is 0 Å². The number of quaternary nitrogens is 1. The first-order valence-electron chi connectivity index (χ1n) is 5.97. The molecule has 0 amide bonds. The number of esters is 1. The van der Waals surface area contributed by atoms with Gasteiger partial charge in [0.1, 0.15) is 6.54 Å². The van der Waals surface area contributed by atoms with Gasteiger partial charge in [-0.15, -0.1) is 0 Å². The van der Waals surface area contributed by atoms with Crippen LogP contribution in [0.1, 0.15) is 19.3 Å². The van der Waals surface area contributed by atoms with Gasteiger partial charge in [0.25, 0.3) is 0 Å². The Morgan fingerprint density at radius 1 is 1.37 bits per heavy atom. The maximum atomic E-state index is 11.5. The molecule has 1 atom stereocenters. The van der Waals surface area contributed by atoms with Gasteiger partial charge >= 0.3 is 5.97 Å². The molecule has 0 aliphatic carbocycles. The van der Waals surface area contributed by atoms with E-state index in [0.29, 0.717) is 17.4 Å². The van der Waals surface area contributed by atoms with Crippen LogP contribution in [0.4, 0.5) is 0 Å². The molecular formula is C13H20NO5. The summed E-state index contributed by atoms with van der Waals surface area (Å²) in [5.74, 6) is -1.88. The number of aliphatic carboxylic acids is 1. The lowest BCUT2D eigenvalue weighted by molar-refractivity contribution is -0.873. The van der Waals surface area contributed by atoms with Crippen LogP contribution in [-0.4, -0.2) is 56.5 Å². The number of nitrogens with zero attached hydrogens (tertiary/aromatic N) is 1. The Labute approximate surface area is 113 Å². The van der Waals surface area contributed by atoms with Crippen molar-refractivity contribution in [1.29, 1.82) is 0 Å². The maximum Gasteiger partial charge on any atom is 0.330 e. The quantitative estimate of drug-likeness (QED) is 0.237. The molecule has 1 unspecified atom stereocenters. The summed E-state index contributed by atoms with van der Waals surface area (Å²) in [4.78, 5) is 32.0. The monoisotopic (exact) mass is 270 g/mol. The summed E-state index contributed by atoms with van der Waals surface area (Å²) in [6.45, 7) is 0.371. The van der Waals surface area contributed by atoms with Crippen LogP contribution in [0.5, 0.6) is 0 Å². The minimum absolute atomic E-state index is 0.213. The molecule has 0 spiro atoms. The predicted octanol–water partition coefficient (Wildman–Crippen LogP) is -0.809. The summed E-state index contributed by atoms with van der Waals surface area (Å²) in [6, 6.07) is 0. The van der Waals surface area contributed by atoms with Crippen LogP contribution in [0.15, 0.2) is 12.2 Å². The van der Waals surface area contributed by atoms with E-state index in [4.69, 9.17) is 4.74 Å². The number of ether oxygens (including phenoxy) is 1. The van der Waals surface area contributed by atoms with Gasteiger partial charge in [-0.25, -0.2) is 4.79 Å². The van der Waals surface area contributed by atoms with E-state index < -0.39 is 18.0 Å². The molecule has 6 heteroatoms. The van der Waals surface area contributed by atoms with Gasteiger partial charge in [-0.1, -0.05) is 6.08 Å². The number of carboxylic acids is 1. The number of carbonyl (C=O) groups is 2. The Hall–Kier alpha value is -1.69. The van der Waals surface area contributed by atoms with E-state index in [2.05, 4.69) is 0 Å². The molecule has 0 N–H and O–H groups in total. The van der Waals surface area contributed by atoms with Gasteiger partial charge in [0.05, 0.1) is 21.1 Å². The van der Waals surface area contributed by atoms with Gasteiger partial charge in [-0.2, -0.15) is 0 Å². The highest BCUT2D eigenvalue weighted by Crippen LogP contribution is 2.05. The molecule has 0 aromatic carbocycles. The number of likely N-dealkylation sites (N-methyl/N-ethyl adjacent to an activating group) is 1. The minimum atomic E-state index is -1.26. The summed E-state index contributed by atoms with van der Waals surface area (Å²) in [5, 5.41) is 10.6. The van der Waals surface area contributed by atoms with E-state index in [1.807, 2.05) is 21.1 Å². The molecule has 0 fully saturated rings. The zero-order chi connectivity index (χ0) is 14.9. The number of hydrogen-bond donors (Lipinski definition) is 0. The zero-order valence-corrected chi connectivity index (χ0v) is 11.5. The molecule has 0 saturated carbocycles. The molecule has 0 bridgehead atoms. The second-order valence-corrected chi connectivity index (χ2v) is 5.19. The summed E-state index contributed by atoms with van der Waals surface area (Å²) >= 11 is 0. The molecule has 1 radical (unpaired) electrons. The van der Waals surface area contributed by atoms with Crippen LogP contribution in [0, 0.1) is 0 Å². The normalized spacial score (nSPS) is 13.2. The molecule has 107 valence electrons. The Morgan fingerprint density at radius 2 is 2.00 bits per heavy atom. The third kappa shape index (κ3) is 11.1. The van der Waals surface area contributed by atoms with Crippen molar-refractivity contribution >= 4 is 18.2 Å². The van der Waals surface area contributed by atoms with Crippen molar-refractivity contribution in [3.63, 3.8) is 0 Å². The number of hydrogen-bond acceptors (Lipinski definition) is 5. The van der Waals surface area contributed by atoms with E-state index >= 15 is 0 Å². The molecule has 19 heavy (non-hydrogen) atoms. The lowest BCUT2D eigenvalue weighted by Gasteiger charge is -2.29. The summed E-state index contributed by atoms with van der Waals surface area (Å²) in [5.41, 5.74) is 0. The third-order valence-corrected chi connectivity index (χ3v) is 2.10. The van der Waals surface area contributed by atoms with Gasteiger partial charge in [-0.05, 0) is 6.42 Å². The molecule has 0 aliphatic heterocycles. The molecule has 0 aromatic rings. The summed E-state index contributed by atoms with van der Waals surface area (Å²) in [7, 11) is 5.60. The highest BCUT2D eigenvalue weighted by molar-refractivity contribution is 5.82. The lowest BCUT2D eigenvalue weighted by Crippen LogP contribution is -2.45. The predicted molar refractivity (Wildman–Crippen MR) is 66.5 cm³/mol. The first-order valence-corrected chi connectivity index (χ1v) is 5.97. The molecule has 0 heterocycles. The SMILES string of the molecule is C[N+](C)(C)CC(CC(=O)[O-])OC(=O)C=CCC[C]=O. The summed E-state index contributed by atoms with van der Waals surface area (Å²) in [6.07, 6.45) is 3.93. The van der Waals surface area contributed by atoms with Gasteiger partial charge < -0.3 is 19.1 Å².